The smallest absolute Gasteiger partial charge is 0.268 e. The number of rotatable bonds is 6. The van der Waals surface area contributed by atoms with Crippen LogP contribution in [-0.4, -0.2) is 24.5 Å². The lowest BCUT2D eigenvalue weighted by atomic mass is 9.98. The van der Waals surface area contributed by atoms with E-state index in [1.165, 1.54) is 22.0 Å². The number of hydrogen-bond acceptors (Lipinski definition) is 6. The SMILES string of the molecule is CCC(C)c1ccc(-n2c(SCn3nnc4ccccc4c3=O)nc3cc(Cl)ccc3c2=O)cc1. The summed E-state index contributed by atoms with van der Waals surface area (Å²) in [5.41, 5.74) is 2.48. The van der Waals surface area contributed by atoms with Crippen LogP contribution in [0.15, 0.2) is 81.5 Å². The van der Waals surface area contributed by atoms with Gasteiger partial charge in [-0.3, -0.25) is 14.2 Å². The Morgan fingerprint density at radius 1 is 0.943 bits per heavy atom. The van der Waals surface area contributed by atoms with Gasteiger partial charge in [0, 0.05) is 5.02 Å². The molecule has 5 aromatic rings. The molecular weight excluding hydrogens is 482 g/mol. The molecule has 35 heavy (non-hydrogen) atoms. The molecule has 0 radical (unpaired) electrons. The average Bonchev–Trinajstić information content (AvgIpc) is 2.88. The lowest BCUT2D eigenvalue weighted by Gasteiger charge is -2.15. The van der Waals surface area contributed by atoms with Gasteiger partial charge in [0.2, 0.25) is 0 Å². The number of hydrogen-bond donors (Lipinski definition) is 0. The summed E-state index contributed by atoms with van der Waals surface area (Å²) in [4.78, 5) is 31.2. The summed E-state index contributed by atoms with van der Waals surface area (Å²) in [6, 6.07) is 20.0. The zero-order valence-corrected chi connectivity index (χ0v) is 20.8. The van der Waals surface area contributed by atoms with Crippen LogP contribution in [0.5, 0.6) is 0 Å². The summed E-state index contributed by atoms with van der Waals surface area (Å²) >= 11 is 7.41. The molecular formula is C26H22ClN5O2S. The molecule has 3 aromatic carbocycles. The van der Waals surface area contributed by atoms with Crippen molar-refractivity contribution in [1.82, 2.24) is 24.5 Å². The molecule has 0 fully saturated rings. The van der Waals surface area contributed by atoms with Gasteiger partial charge in [0.25, 0.3) is 11.1 Å². The highest BCUT2D eigenvalue weighted by molar-refractivity contribution is 7.98. The lowest BCUT2D eigenvalue weighted by molar-refractivity contribution is 0.642. The van der Waals surface area contributed by atoms with Gasteiger partial charge in [-0.1, -0.05) is 66.7 Å². The standard InChI is InChI=1S/C26H22ClN5O2S/c1-3-16(2)17-8-11-19(12-9-17)32-25(34)21-13-10-18(27)14-23(21)28-26(32)35-15-31-24(33)20-6-4-5-7-22(20)29-30-31/h4-14,16H,3,15H2,1-2H3. The second kappa shape index (κ2) is 9.64. The van der Waals surface area contributed by atoms with Gasteiger partial charge in [-0.15, -0.1) is 5.10 Å². The molecule has 176 valence electrons. The first kappa shape index (κ1) is 23.3. The van der Waals surface area contributed by atoms with Crippen molar-refractivity contribution in [3.8, 4) is 5.69 Å². The van der Waals surface area contributed by atoms with Crippen molar-refractivity contribution in [1.29, 1.82) is 0 Å². The van der Waals surface area contributed by atoms with Gasteiger partial charge in [-0.2, -0.15) is 4.68 Å². The molecule has 0 saturated carbocycles. The topological polar surface area (TPSA) is 82.7 Å². The first-order valence-corrected chi connectivity index (χ1v) is 12.6. The van der Waals surface area contributed by atoms with Crippen LogP contribution in [0, 0.1) is 0 Å². The van der Waals surface area contributed by atoms with Gasteiger partial charge in [-0.25, -0.2) is 4.98 Å². The molecule has 0 bridgehead atoms. The van der Waals surface area contributed by atoms with Crippen LogP contribution in [0.3, 0.4) is 0 Å². The summed E-state index contributed by atoms with van der Waals surface area (Å²) in [6.07, 6.45) is 1.03. The zero-order valence-electron chi connectivity index (χ0n) is 19.2. The fraction of sp³-hybridized carbons (Fsp3) is 0.192. The Kier molecular flexibility index (Phi) is 6.40. The van der Waals surface area contributed by atoms with E-state index in [1.54, 1.807) is 41.0 Å². The van der Waals surface area contributed by atoms with E-state index in [2.05, 4.69) is 24.2 Å². The second-order valence-corrected chi connectivity index (χ2v) is 9.63. The number of aromatic nitrogens is 5. The van der Waals surface area contributed by atoms with Gasteiger partial charge in [0.05, 0.1) is 27.9 Å². The summed E-state index contributed by atoms with van der Waals surface area (Å²) < 4.78 is 2.85. The van der Waals surface area contributed by atoms with Crippen molar-refractivity contribution in [2.45, 2.75) is 37.2 Å². The highest BCUT2D eigenvalue weighted by Gasteiger charge is 2.16. The minimum Gasteiger partial charge on any atom is -0.268 e. The highest BCUT2D eigenvalue weighted by Crippen LogP contribution is 2.25. The lowest BCUT2D eigenvalue weighted by Crippen LogP contribution is -2.25. The summed E-state index contributed by atoms with van der Waals surface area (Å²) in [7, 11) is 0. The maximum Gasteiger partial charge on any atom is 0.278 e. The van der Waals surface area contributed by atoms with Crippen molar-refractivity contribution in [3.63, 3.8) is 0 Å². The summed E-state index contributed by atoms with van der Waals surface area (Å²) in [6.45, 7) is 4.32. The third-order valence-corrected chi connectivity index (χ3v) is 7.22. The number of fused-ring (bicyclic) bond motifs is 2. The molecule has 0 saturated heterocycles. The first-order chi connectivity index (χ1) is 17.0. The fourth-order valence-electron chi connectivity index (χ4n) is 3.88. The molecule has 0 aliphatic heterocycles. The first-order valence-electron chi connectivity index (χ1n) is 11.2. The zero-order chi connectivity index (χ0) is 24.5. The minimum absolute atomic E-state index is 0.139. The van der Waals surface area contributed by atoms with E-state index in [1.807, 2.05) is 30.3 Å². The van der Waals surface area contributed by atoms with Crippen LogP contribution in [0.2, 0.25) is 5.02 Å². The van der Waals surface area contributed by atoms with Crippen LogP contribution in [0.25, 0.3) is 27.5 Å². The third kappa shape index (κ3) is 4.47. The maximum absolute atomic E-state index is 13.6. The van der Waals surface area contributed by atoms with Crippen molar-refractivity contribution < 1.29 is 0 Å². The second-order valence-electron chi connectivity index (χ2n) is 8.28. The van der Waals surface area contributed by atoms with Crippen molar-refractivity contribution >= 4 is 45.2 Å². The molecule has 2 aromatic heterocycles. The Hall–Kier alpha value is -3.49. The fourth-order valence-corrected chi connectivity index (χ4v) is 4.93. The van der Waals surface area contributed by atoms with Crippen molar-refractivity contribution in [2.24, 2.45) is 0 Å². The predicted molar refractivity (Wildman–Crippen MR) is 141 cm³/mol. The van der Waals surface area contributed by atoms with Gasteiger partial charge < -0.3 is 0 Å². The molecule has 0 aliphatic carbocycles. The van der Waals surface area contributed by atoms with E-state index in [9.17, 15) is 9.59 Å². The normalized spacial score (nSPS) is 12.3. The van der Waals surface area contributed by atoms with E-state index in [0.29, 0.717) is 43.6 Å². The largest absolute Gasteiger partial charge is 0.278 e. The number of benzene rings is 3. The van der Waals surface area contributed by atoms with Gasteiger partial charge >= 0.3 is 0 Å². The van der Waals surface area contributed by atoms with Gasteiger partial charge in [0.15, 0.2) is 5.16 Å². The molecule has 0 spiro atoms. The van der Waals surface area contributed by atoms with E-state index in [0.717, 1.165) is 6.42 Å². The molecule has 0 amide bonds. The summed E-state index contributed by atoms with van der Waals surface area (Å²) in [5, 5.41) is 10.1. The van der Waals surface area contributed by atoms with Crippen LogP contribution in [0.4, 0.5) is 0 Å². The number of halogens is 1. The van der Waals surface area contributed by atoms with Crippen molar-refractivity contribution in [2.75, 3.05) is 0 Å². The summed E-state index contributed by atoms with van der Waals surface area (Å²) in [5.74, 6) is 0.560. The maximum atomic E-state index is 13.6. The molecule has 0 aliphatic rings. The predicted octanol–water partition coefficient (Wildman–Crippen LogP) is 5.41. The third-order valence-electron chi connectivity index (χ3n) is 6.08. The van der Waals surface area contributed by atoms with Gasteiger partial charge in [-0.05, 0) is 60.4 Å². The van der Waals surface area contributed by atoms with Crippen LogP contribution in [0.1, 0.15) is 31.7 Å². The quantitative estimate of drug-likeness (QED) is 0.228. The molecule has 5 rings (SSSR count). The highest BCUT2D eigenvalue weighted by atomic mass is 35.5. The number of nitrogens with zero attached hydrogens (tertiary/aromatic N) is 5. The van der Waals surface area contributed by atoms with E-state index >= 15 is 0 Å². The Balaban J connectivity index is 1.60. The molecule has 1 atom stereocenters. The molecule has 1 unspecified atom stereocenters. The Morgan fingerprint density at radius 3 is 2.46 bits per heavy atom. The van der Waals surface area contributed by atoms with Gasteiger partial charge in [0.1, 0.15) is 5.52 Å². The van der Waals surface area contributed by atoms with E-state index in [4.69, 9.17) is 16.6 Å². The van der Waals surface area contributed by atoms with Crippen LogP contribution < -0.4 is 11.1 Å². The Labute approximate surface area is 210 Å². The molecule has 9 heteroatoms. The Morgan fingerprint density at radius 2 is 1.69 bits per heavy atom. The number of thioether (sulfide) groups is 1. The molecule has 0 N–H and O–H groups in total. The minimum atomic E-state index is -0.251. The van der Waals surface area contributed by atoms with E-state index < -0.39 is 0 Å². The molecule has 7 nitrogen and oxygen atoms in total. The van der Waals surface area contributed by atoms with Crippen molar-refractivity contribution in [3.05, 3.63) is 98.0 Å². The van der Waals surface area contributed by atoms with E-state index in [-0.39, 0.29) is 17.0 Å². The average molecular weight is 504 g/mol. The molecule has 2 heterocycles. The monoisotopic (exact) mass is 503 g/mol. The Bertz CT molecular complexity index is 1660. The van der Waals surface area contributed by atoms with Crippen LogP contribution >= 0.6 is 23.4 Å². The van der Waals surface area contributed by atoms with Crippen LogP contribution in [-0.2, 0) is 5.88 Å².